The summed E-state index contributed by atoms with van der Waals surface area (Å²) >= 11 is 11.6. The molecule has 62 valence electrons. The maximum Gasteiger partial charge on any atom is 0.0701 e. The average molecular weight is 200 g/mol. The lowest BCUT2D eigenvalue weighted by molar-refractivity contribution is 0.982. The van der Waals surface area contributed by atoms with Crippen LogP contribution in [-0.2, 0) is 0 Å². The standard InChI is InChI=1S/C9H7Cl2N/c1-6(5-12)8-4-7(10)2-3-9(8)11/h2-4,6H,1H3. The summed E-state index contributed by atoms with van der Waals surface area (Å²) in [4.78, 5) is 0. The molecule has 0 amide bonds. The molecule has 0 aliphatic heterocycles. The molecule has 0 radical (unpaired) electrons. The van der Waals surface area contributed by atoms with Crippen molar-refractivity contribution >= 4 is 23.2 Å². The molecule has 0 heterocycles. The molecular formula is C9H7Cl2N. The van der Waals surface area contributed by atoms with Gasteiger partial charge in [-0.1, -0.05) is 23.2 Å². The van der Waals surface area contributed by atoms with Gasteiger partial charge < -0.3 is 0 Å². The Labute approximate surface area is 81.5 Å². The maximum atomic E-state index is 8.65. The lowest BCUT2D eigenvalue weighted by Gasteiger charge is -2.05. The Hall–Kier alpha value is -0.710. The summed E-state index contributed by atoms with van der Waals surface area (Å²) in [7, 11) is 0. The van der Waals surface area contributed by atoms with Crippen molar-refractivity contribution in [3.63, 3.8) is 0 Å². The van der Waals surface area contributed by atoms with Gasteiger partial charge in [0.15, 0.2) is 0 Å². The number of rotatable bonds is 1. The molecule has 1 atom stereocenters. The van der Waals surface area contributed by atoms with E-state index in [1.807, 2.05) is 0 Å². The molecule has 0 N–H and O–H groups in total. The van der Waals surface area contributed by atoms with E-state index >= 15 is 0 Å². The predicted octanol–water partition coefficient (Wildman–Crippen LogP) is 3.62. The summed E-state index contributed by atoms with van der Waals surface area (Å²) in [5, 5.41) is 9.85. The fourth-order valence-corrected chi connectivity index (χ4v) is 1.38. The first-order valence-electron chi connectivity index (χ1n) is 3.49. The van der Waals surface area contributed by atoms with E-state index < -0.39 is 0 Å². The van der Waals surface area contributed by atoms with Crippen LogP contribution in [0.1, 0.15) is 18.4 Å². The van der Waals surface area contributed by atoms with Gasteiger partial charge in [0, 0.05) is 10.0 Å². The second kappa shape index (κ2) is 3.80. The second-order valence-electron chi connectivity index (χ2n) is 2.52. The Balaban J connectivity index is 3.15. The minimum atomic E-state index is -0.212. The van der Waals surface area contributed by atoms with E-state index in [0.29, 0.717) is 10.0 Å². The molecule has 0 bridgehead atoms. The van der Waals surface area contributed by atoms with Gasteiger partial charge in [0.05, 0.1) is 12.0 Å². The molecule has 1 nitrogen and oxygen atoms in total. The Bertz CT molecular complexity index is 328. The van der Waals surface area contributed by atoms with Crippen LogP contribution in [0.2, 0.25) is 10.0 Å². The predicted molar refractivity (Wildman–Crippen MR) is 50.5 cm³/mol. The molecule has 0 aliphatic carbocycles. The summed E-state index contributed by atoms with van der Waals surface area (Å²) in [6.07, 6.45) is 0. The third-order valence-electron chi connectivity index (χ3n) is 1.62. The van der Waals surface area contributed by atoms with Gasteiger partial charge in [-0.3, -0.25) is 0 Å². The maximum absolute atomic E-state index is 8.65. The molecule has 0 aromatic heterocycles. The molecule has 1 aromatic carbocycles. The van der Waals surface area contributed by atoms with Gasteiger partial charge in [0.25, 0.3) is 0 Å². The summed E-state index contributed by atoms with van der Waals surface area (Å²) in [6, 6.07) is 7.23. The lowest BCUT2D eigenvalue weighted by Crippen LogP contribution is -1.90. The highest BCUT2D eigenvalue weighted by atomic mass is 35.5. The molecule has 1 unspecified atom stereocenters. The van der Waals surface area contributed by atoms with Gasteiger partial charge in [-0.05, 0) is 30.7 Å². The van der Waals surface area contributed by atoms with Crippen molar-refractivity contribution in [3.05, 3.63) is 33.8 Å². The Morgan fingerprint density at radius 2 is 2.08 bits per heavy atom. The quantitative estimate of drug-likeness (QED) is 0.679. The average Bonchev–Trinajstić information content (AvgIpc) is 2.08. The minimum Gasteiger partial charge on any atom is -0.198 e. The molecule has 0 saturated heterocycles. The van der Waals surface area contributed by atoms with E-state index in [1.54, 1.807) is 25.1 Å². The van der Waals surface area contributed by atoms with E-state index in [2.05, 4.69) is 6.07 Å². The third-order valence-corrected chi connectivity index (χ3v) is 2.20. The van der Waals surface area contributed by atoms with Crippen LogP contribution in [0.4, 0.5) is 0 Å². The summed E-state index contributed by atoms with van der Waals surface area (Å²) < 4.78 is 0. The zero-order chi connectivity index (χ0) is 9.14. The van der Waals surface area contributed by atoms with Crippen LogP contribution in [0, 0.1) is 11.3 Å². The molecule has 12 heavy (non-hydrogen) atoms. The van der Waals surface area contributed by atoms with Crippen LogP contribution < -0.4 is 0 Å². The highest BCUT2D eigenvalue weighted by Crippen LogP contribution is 2.26. The van der Waals surface area contributed by atoms with Gasteiger partial charge >= 0.3 is 0 Å². The molecule has 0 spiro atoms. The molecular weight excluding hydrogens is 193 g/mol. The van der Waals surface area contributed by atoms with Crippen LogP contribution in [-0.4, -0.2) is 0 Å². The van der Waals surface area contributed by atoms with Crippen molar-refractivity contribution in [2.45, 2.75) is 12.8 Å². The monoisotopic (exact) mass is 199 g/mol. The van der Waals surface area contributed by atoms with Crippen molar-refractivity contribution in [2.24, 2.45) is 0 Å². The lowest BCUT2D eigenvalue weighted by atomic mass is 10.0. The van der Waals surface area contributed by atoms with Crippen molar-refractivity contribution in [1.82, 2.24) is 0 Å². The van der Waals surface area contributed by atoms with Crippen molar-refractivity contribution in [2.75, 3.05) is 0 Å². The summed E-state index contributed by atoms with van der Waals surface area (Å²) in [5.74, 6) is -0.212. The highest BCUT2D eigenvalue weighted by molar-refractivity contribution is 6.33. The van der Waals surface area contributed by atoms with Gasteiger partial charge in [-0.2, -0.15) is 5.26 Å². The number of hydrogen-bond acceptors (Lipinski definition) is 1. The number of benzene rings is 1. The van der Waals surface area contributed by atoms with Gasteiger partial charge in [0.2, 0.25) is 0 Å². The van der Waals surface area contributed by atoms with Gasteiger partial charge in [-0.25, -0.2) is 0 Å². The minimum absolute atomic E-state index is 0.212. The molecule has 0 saturated carbocycles. The van der Waals surface area contributed by atoms with Crippen LogP contribution in [0.25, 0.3) is 0 Å². The largest absolute Gasteiger partial charge is 0.198 e. The normalized spacial score (nSPS) is 12.2. The van der Waals surface area contributed by atoms with E-state index in [1.165, 1.54) is 0 Å². The summed E-state index contributed by atoms with van der Waals surface area (Å²) in [5.41, 5.74) is 0.784. The Kier molecular flexibility index (Phi) is 2.97. The number of halogens is 2. The van der Waals surface area contributed by atoms with Crippen molar-refractivity contribution in [1.29, 1.82) is 5.26 Å². The first kappa shape index (κ1) is 9.38. The molecule has 0 aliphatic rings. The van der Waals surface area contributed by atoms with Crippen LogP contribution in [0.3, 0.4) is 0 Å². The molecule has 3 heteroatoms. The summed E-state index contributed by atoms with van der Waals surface area (Å²) in [6.45, 7) is 1.79. The van der Waals surface area contributed by atoms with Gasteiger partial charge in [0.1, 0.15) is 0 Å². The van der Waals surface area contributed by atoms with E-state index in [-0.39, 0.29) is 5.92 Å². The number of nitriles is 1. The Morgan fingerprint density at radius 3 is 2.67 bits per heavy atom. The van der Waals surface area contributed by atoms with Crippen LogP contribution in [0.15, 0.2) is 18.2 Å². The van der Waals surface area contributed by atoms with Gasteiger partial charge in [-0.15, -0.1) is 0 Å². The SMILES string of the molecule is CC(C#N)c1cc(Cl)ccc1Cl. The zero-order valence-corrected chi connectivity index (χ0v) is 8.02. The molecule has 1 rings (SSSR count). The topological polar surface area (TPSA) is 23.8 Å². The van der Waals surface area contributed by atoms with Crippen LogP contribution >= 0.6 is 23.2 Å². The van der Waals surface area contributed by atoms with Crippen molar-refractivity contribution < 1.29 is 0 Å². The zero-order valence-electron chi connectivity index (χ0n) is 6.51. The van der Waals surface area contributed by atoms with Crippen molar-refractivity contribution in [3.8, 4) is 6.07 Å². The fraction of sp³-hybridized carbons (Fsp3) is 0.222. The first-order chi connectivity index (χ1) is 5.65. The smallest absolute Gasteiger partial charge is 0.0701 e. The highest BCUT2D eigenvalue weighted by Gasteiger charge is 2.08. The number of hydrogen-bond donors (Lipinski definition) is 0. The second-order valence-corrected chi connectivity index (χ2v) is 3.36. The fourth-order valence-electron chi connectivity index (χ4n) is 0.916. The first-order valence-corrected chi connectivity index (χ1v) is 4.25. The van der Waals surface area contributed by atoms with E-state index in [4.69, 9.17) is 28.5 Å². The number of nitrogens with zero attached hydrogens (tertiary/aromatic N) is 1. The van der Waals surface area contributed by atoms with Crippen LogP contribution in [0.5, 0.6) is 0 Å². The molecule has 0 fully saturated rings. The third kappa shape index (κ3) is 1.91. The molecule has 1 aromatic rings. The Morgan fingerprint density at radius 1 is 1.42 bits per heavy atom. The van der Waals surface area contributed by atoms with E-state index in [9.17, 15) is 0 Å². The van der Waals surface area contributed by atoms with E-state index in [0.717, 1.165) is 5.56 Å².